The summed E-state index contributed by atoms with van der Waals surface area (Å²) in [4.78, 5) is 15.7. The van der Waals surface area contributed by atoms with Gasteiger partial charge in [-0.15, -0.1) is 11.3 Å². The number of hydrogen-bond donors (Lipinski definition) is 0. The van der Waals surface area contributed by atoms with E-state index in [1.165, 1.54) is 10.4 Å². The summed E-state index contributed by atoms with van der Waals surface area (Å²) < 4.78 is 3.41. The molecule has 0 N–H and O–H groups in total. The van der Waals surface area contributed by atoms with E-state index in [9.17, 15) is 4.79 Å². The fourth-order valence-corrected chi connectivity index (χ4v) is 4.10. The Kier molecular flexibility index (Phi) is 2.86. The molecule has 106 valence electrons. The number of benzene rings is 1. The van der Waals surface area contributed by atoms with E-state index < -0.39 is 0 Å². The standard InChI is InChI=1S/C17H16N2OS/c1-12-14-6-4-8-18(14)9-10-19(12)17(20)16-11-13-5-2-3-7-15(13)21-16/h2-8,11-12H,9-10H2,1H3. The summed E-state index contributed by atoms with van der Waals surface area (Å²) in [7, 11) is 0. The van der Waals surface area contributed by atoms with Gasteiger partial charge in [0.1, 0.15) is 0 Å². The van der Waals surface area contributed by atoms with Gasteiger partial charge in [-0.2, -0.15) is 0 Å². The van der Waals surface area contributed by atoms with Gasteiger partial charge in [0.2, 0.25) is 0 Å². The van der Waals surface area contributed by atoms with E-state index in [-0.39, 0.29) is 11.9 Å². The van der Waals surface area contributed by atoms with Crippen LogP contribution in [0.15, 0.2) is 48.7 Å². The molecule has 4 heteroatoms. The van der Waals surface area contributed by atoms with Crippen molar-refractivity contribution in [1.82, 2.24) is 9.47 Å². The Morgan fingerprint density at radius 3 is 2.90 bits per heavy atom. The second-order valence-electron chi connectivity index (χ2n) is 5.45. The molecule has 1 atom stereocenters. The average molecular weight is 296 g/mol. The van der Waals surface area contributed by atoms with Crippen LogP contribution in [0.3, 0.4) is 0 Å². The van der Waals surface area contributed by atoms with Gasteiger partial charge in [0.25, 0.3) is 5.91 Å². The van der Waals surface area contributed by atoms with E-state index >= 15 is 0 Å². The highest BCUT2D eigenvalue weighted by Gasteiger charge is 2.28. The minimum absolute atomic E-state index is 0.131. The Morgan fingerprint density at radius 1 is 1.19 bits per heavy atom. The molecule has 2 aromatic heterocycles. The molecule has 3 aromatic rings. The predicted molar refractivity (Wildman–Crippen MR) is 85.7 cm³/mol. The summed E-state index contributed by atoms with van der Waals surface area (Å²) in [6.45, 7) is 3.76. The van der Waals surface area contributed by atoms with Crippen molar-refractivity contribution in [3.63, 3.8) is 0 Å². The van der Waals surface area contributed by atoms with Gasteiger partial charge in [0.15, 0.2) is 0 Å². The van der Waals surface area contributed by atoms with Crippen LogP contribution in [-0.4, -0.2) is 21.9 Å². The number of rotatable bonds is 1. The average Bonchev–Trinajstić information content (AvgIpc) is 3.13. The van der Waals surface area contributed by atoms with Crippen LogP contribution < -0.4 is 0 Å². The fourth-order valence-electron chi connectivity index (χ4n) is 3.09. The molecular weight excluding hydrogens is 280 g/mol. The Bertz CT molecular complexity index is 784. The number of aromatic nitrogens is 1. The van der Waals surface area contributed by atoms with Crippen LogP contribution in [0.25, 0.3) is 10.1 Å². The van der Waals surface area contributed by atoms with Crippen LogP contribution in [0.4, 0.5) is 0 Å². The normalized spacial score (nSPS) is 18.0. The van der Waals surface area contributed by atoms with Gasteiger partial charge in [-0.3, -0.25) is 4.79 Å². The summed E-state index contributed by atoms with van der Waals surface area (Å²) in [6, 6.07) is 14.5. The first-order valence-corrected chi connectivity index (χ1v) is 8.00. The second kappa shape index (κ2) is 4.74. The molecule has 0 fully saturated rings. The van der Waals surface area contributed by atoms with E-state index in [1.807, 2.05) is 23.1 Å². The molecule has 0 bridgehead atoms. The fraction of sp³-hybridized carbons (Fsp3) is 0.235. The summed E-state index contributed by atoms with van der Waals surface area (Å²) in [5.41, 5.74) is 1.22. The molecule has 4 rings (SSSR count). The zero-order valence-corrected chi connectivity index (χ0v) is 12.6. The van der Waals surface area contributed by atoms with Crippen molar-refractivity contribution in [3.8, 4) is 0 Å². The molecule has 21 heavy (non-hydrogen) atoms. The second-order valence-corrected chi connectivity index (χ2v) is 6.53. The lowest BCUT2D eigenvalue weighted by molar-refractivity contribution is 0.0649. The largest absolute Gasteiger partial charge is 0.348 e. The SMILES string of the molecule is CC1c2cccn2CCN1C(=O)c1cc2ccccc2s1. The molecule has 3 nitrogen and oxygen atoms in total. The van der Waals surface area contributed by atoms with Crippen molar-refractivity contribution in [2.24, 2.45) is 0 Å². The van der Waals surface area contributed by atoms with Crippen molar-refractivity contribution in [2.45, 2.75) is 19.5 Å². The molecule has 0 aliphatic carbocycles. The zero-order valence-electron chi connectivity index (χ0n) is 11.8. The highest BCUT2D eigenvalue weighted by atomic mass is 32.1. The summed E-state index contributed by atoms with van der Waals surface area (Å²) in [5, 5.41) is 1.15. The van der Waals surface area contributed by atoms with Gasteiger partial charge in [-0.1, -0.05) is 18.2 Å². The molecule has 1 unspecified atom stereocenters. The molecule has 1 amide bonds. The number of nitrogens with zero attached hydrogens (tertiary/aromatic N) is 2. The number of fused-ring (bicyclic) bond motifs is 2. The van der Waals surface area contributed by atoms with Crippen LogP contribution >= 0.6 is 11.3 Å². The Hall–Kier alpha value is -2.07. The van der Waals surface area contributed by atoms with Gasteiger partial charge in [0.05, 0.1) is 10.9 Å². The van der Waals surface area contributed by atoms with E-state index in [0.29, 0.717) is 0 Å². The van der Waals surface area contributed by atoms with Crippen molar-refractivity contribution in [1.29, 1.82) is 0 Å². The lowest BCUT2D eigenvalue weighted by atomic mass is 10.1. The number of amides is 1. The third-order valence-electron chi connectivity index (χ3n) is 4.24. The molecule has 0 spiro atoms. The predicted octanol–water partition coefficient (Wildman–Crippen LogP) is 3.92. The highest BCUT2D eigenvalue weighted by Crippen LogP contribution is 2.31. The van der Waals surface area contributed by atoms with E-state index in [4.69, 9.17) is 0 Å². The van der Waals surface area contributed by atoms with Gasteiger partial charge in [-0.05, 0) is 36.6 Å². The molecule has 0 radical (unpaired) electrons. The highest BCUT2D eigenvalue weighted by molar-refractivity contribution is 7.20. The van der Waals surface area contributed by atoms with Crippen molar-refractivity contribution >= 4 is 27.3 Å². The molecule has 0 saturated carbocycles. The first-order valence-electron chi connectivity index (χ1n) is 7.18. The van der Waals surface area contributed by atoms with Crippen LogP contribution in [0.5, 0.6) is 0 Å². The van der Waals surface area contributed by atoms with Crippen LogP contribution in [-0.2, 0) is 6.54 Å². The van der Waals surface area contributed by atoms with Gasteiger partial charge < -0.3 is 9.47 Å². The molecule has 0 saturated heterocycles. The van der Waals surface area contributed by atoms with Crippen LogP contribution in [0.1, 0.15) is 28.3 Å². The number of thiophene rings is 1. The topological polar surface area (TPSA) is 25.2 Å². The summed E-state index contributed by atoms with van der Waals surface area (Å²) in [6.07, 6.45) is 2.09. The van der Waals surface area contributed by atoms with Crippen molar-refractivity contribution in [2.75, 3.05) is 6.54 Å². The van der Waals surface area contributed by atoms with Crippen LogP contribution in [0, 0.1) is 0 Å². The maximum Gasteiger partial charge on any atom is 0.264 e. The van der Waals surface area contributed by atoms with Gasteiger partial charge in [0, 0.05) is 29.7 Å². The quantitative estimate of drug-likeness (QED) is 0.668. The lowest BCUT2D eigenvalue weighted by Gasteiger charge is -2.34. The molecule has 1 aromatic carbocycles. The first kappa shape index (κ1) is 12.7. The monoisotopic (exact) mass is 296 g/mol. The number of carbonyl (C=O) groups excluding carboxylic acids is 1. The number of carbonyl (C=O) groups is 1. The number of hydrogen-bond acceptors (Lipinski definition) is 2. The summed E-state index contributed by atoms with van der Waals surface area (Å²) in [5.74, 6) is 0.149. The van der Waals surface area contributed by atoms with E-state index in [1.54, 1.807) is 11.3 Å². The maximum atomic E-state index is 12.8. The summed E-state index contributed by atoms with van der Waals surface area (Å²) >= 11 is 1.59. The molecule has 1 aliphatic rings. The molecule has 1 aliphatic heterocycles. The van der Waals surface area contributed by atoms with E-state index in [2.05, 4.69) is 42.0 Å². The minimum atomic E-state index is 0.131. The van der Waals surface area contributed by atoms with Crippen molar-refractivity contribution < 1.29 is 4.79 Å². The molecular formula is C17H16N2OS. The smallest absolute Gasteiger partial charge is 0.264 e. The Labute approximate surface area is 127 Å². The zero-order chi connectivity index (χ0) is 14.4. The Morgan fingerprint density at radius 2 is 2.05 bits per heavy atom. The van der Waals surface area contributed by atoms with Crippen molar-refractivity contribution in [3.05, 3.63) is 59.2 Å². The maximum absolute atomic E-state index is 12.8. The first-order chi connectivity index (χ1) is 10.2. The van der Waals surface area contributed by atoms with Gasteiger partial charge in [-0.25, -0.2) is 0 Å². The Balaban J connectivity index is 1.69. The molecule has 3 heterocycles. The van der Waals surface area contributed by atoms with Gasteiger partial charge >= 0.3 is 0 Å². The lowest BCUT2D eigenvalue weighted by Crippen LogP contribution is -2.40. The van der Waals surface area contributed by atoms with Crippen LogP contribution in [0.2, 0.25) is 0 Å². The third-order valence-corrected chi connectivity index (χ3v) is 5.34. The third kappa shape index (κ3) is 1.98. The van der Waals surface area contributed by atoms with E-state index in [0.717, 1.165) is 23.4 Å². The minimum Gasteiger partial charge on any atom is -0.348 e.